The standard InChI is InChI=1S/C17H19FN4O3/c1-11-9-15(21-25-11)20-17(24)16(23)19-12-5-4-8-22(10-12)14-7-3-2-6-13(14)18/h2-3,6-7,9,12H,4-5,8,10H2,1H3,(H,19,23)(H,20,21,24). The van der Waals surface area contributed by atoms with E-state index in [1.165, 1.54) is 12.1 Å². The molecule has 1 saturated heterocycles. The minimum atomic E-state index is -0.809. The van der Waals surface area contributed by atoms with E-state index in [-0.39, 0.29) is 17.7 Å². The molecule has 1 unspecified atom stereocenters. The first kappa shape index (κ1) is 16.9. The molecule has 2 heterocycles. The normalized spacial score (nSPS) is 17.2. The van der Waals surface area contributed by atoms with Crippen molar-refractivity contribution >= 4 is 23.3 Å². The molecule has 2 aromatic rings. The summed E-state index contributed by atoms with van der Waals surface area (Å²) in [6.45, 7) is 2.84. The van der Waals surface area contributed by atoms with E-state index in [1.807, 2.05) is 4.90 Å². The van der Waals surface area contributed by atoms with Crippen LogP contribution in [-0.2, 0) is 9.59 Å². The van der Waals surface area contributed by atoms with Crippen LogP contribution in [0, 0.1) is 12.7 Å². The van der Waals surface area contributed by atoms with E-state index in [4.69, 9.17) is 4.52 Å². The number of aromatic nitrogens is 1. The van der Waals surface area contributed by atoms with Gasteiger partial charge in [-0.1, -0.05) is 17.3 Å². The fourth-order valence-corrected chi connectivity index (χ4v) is 2.87. The van der Waals surface area contributed by atoms with Gasteiger partial charge in [-0.05, 0) is 31.9 Å². The zero-order valence-corrected chi connectivity index (χ0v) is 13.8. The third-order valence-electron chi connectivity index (χ3n) is 4.03. The summed E-state index contributed by atoms with van der Waals surface area (Å²) >= 11 is 0. The number of para-hydroxylation sites is 1. The maximum Gasteiger partial charge on any atom is 0.314 e. The van der Waals surface area contributed by atoms with Gasteiger partial charge in [0.15, 0.2) is 5.82 Å². The van der Waals surface area contributed by atoms with Crippen molar-refractivity contribution in [3.63, 3.8) is 0 Å². The zero-order chi connectivity index (χ0) is 17.8. The molecule has 0 aliphatic carbocycles. The predicted octanol–water partition coefficient (Wildman–Crippen LogP) is 1.85. The second-order valence-corrected chi connectivity index (χ2v) is 5.99. The SMILES string of the molecule is Cc1cc(NC(=O)C(=O)NC2CCCN(c3ccccc3F)C2)no1. The summed E-state index contributed by atoms with van der Waals surface area (Å²) < 4.78 is 18.8. The van der Waals surface area contributed by atoms with Gasteiger partial charge in [0.05, 0.1) is 5.69 Å². The van der Waals surface area contributed by atoms with Crippen molar-refractivity contribution in [2.75, 3.05) is 23.3 Å². The maximum absolute atomic E-state index is 13.9. The Labute approximate surface area is 144 Å². The number of carbonyl (C=O) groups is 2. The minimum Gasteiger partial charge on any atom is -0.367 e. The van der Waals surface area contributed by atoms with Crippen molar-refractivity contribution in [2.45, 2.75) is 25.8 Å². The van der Waals surface area contributed by atoms with Crippen LogP contribution >= 0.6 is 0 Å². The number of rotatable bonds is 3. The van der Waals surface area contributed by atoms with Crippen molar-refractivity contribution in [1.29, 1.82) is 0 Å². The van der Waals surface area contributed by atoms with Gasteiger partial charge >= 0.3 is 11.8 Å². The van der Waals surface area contributed by atoms with E-state index in [0.29, 0.717) is 24.5 Å². The molecule has 25 heavy (non-hydrogen) atoms. The number of benzene rings is 1. The molecule has 2 amide bonds. The van der Waals surface area contributed by atoms with E-state index in [1.54, 1.807) is 25.1 Å². The van der Waals surface area contributed by atoms with Crippen molar-refractivity contribution in [3.8, 4) is 0 Å². The first-order chi connectivity index (χ1) is 12.0. The van der Waals surface area contributed by atoms with Gasteiger partial charge in [-0.25, -0.2) is 4.39 Å². The molecule has 0 saturated carbocycles. The quantitative estimate of drug-likeness (QED) is 0.828. The Bertz CT molecular complexity index is 777. The second-order valence-electron chi connectivity index (χ2n) is 5.99. The molecule has 8 heteroatoms. The third kappa shape index (κ3) is 4.14. The highest BCUT2D eigenvalue weighted by Crippen LogP contribution is 2.22. The smallest absolute Gasteiger partial charge is 0.314 e. The predicted molar refractivity (Wildman–Crippen MR) is 89.6 cm³/mol. The summed E-state index contributed by atoms with van der Waals surface area (Å²) in [5, 5.41) is 8.68. The third-order valence-corrected chi connectivity index (χ3v) is 4.03. The van der Waals surface area contributed by atoms with E-state index < -0.39 is 11.8 Å². The van der Waals surface area contributed by atoms with Gasteiger partial charge in [-0.2, -0.15) is 0 Å². The molecule has 0 radical (unpaired) electrons. The van der Waals surface area contributed by atoms with Crippen LogP contribution in [0.2, 0.25) is 0 Å². The average molecular weight is 346 g/mol. The molecule has 1 aliphatic rings. The van der Waals surface area contributed by atoms with Crippen molar-refractivity contribution in [3.05, 3.63) is 41.9 Å². The lowest BCUT2D eigenvalue weighted by atomic mass is 10.0. The Kier molecular flexibility index (Phi) is 4.97. The summed E-state index contributed by atoms with van der Waals surface area (Å²) in [5.41, 5.74) is 0.504. The Morgan fingerprint density at radius 2 is 2.12 bits per heavy atom. The molecule has 3 rings (SSSR count). The maximum atomic E-state index is 13.9. The first-order valence-electron chi connectivity index (χ1n) is 8.07. The first-order valence-corrected chi connectivity index (χ1v) is 8.07. The second kappa shape index (κ2) is 7.33. The highest BCUT2D eigenvalue weighted by molar-refractivity contribution is 6.39. The minimum absolute atomic E-state index is 0.189. The van der Waals surface area contributed by atoms with Crippen molar-refractivity contribution in [1.82, 2.24) is 10.5 Å². The van der Waals surface area contributed by atoms with Gasteiger partial charge in [0.1, 0.15) is 11.6 Å². The van der Waals surface area contributed by atoms with Crippen LogP contribution in [0.4, 0.5) is 15.9 Å². The summed E-state index contributed by atoms with van der Waals surface area (Å²) in [6, 6.07) is 7.81. The number of hydrogen-bond acceptors (Lipinski definition) is 5. The van der Waals surface area contributed by atoms with E-state index in [9.17, 15) is 14.0 Å². The molecule has 0 bridgehead atoms. The zero-order valence-electron chi connectivity index (χ0n) is 13.8. The largest absolute Gasteiger partial charge is 0.367 e. The molecular weight excluding hydrogens is 327 g/mol. The lowest BCUT2D eigenvalue weighted by molar-refractivity contribution is -0.136. The number of nitrogens with zero attached hydrogens (tertiary/aromatic N) is 2. The molecule has 0 spiro atoms. The lowest BCUT2D eigenvalue weighted by Gasteiger charge is -2.34. The van der Waals surface area contributed by atoms with Gasteiger partial charge < -0.3 is 14.7 Å². The molecule has 1 atom stereocenters. The topological polar surface area (TPSA) is 87.5 Å². The van der Waals surface area contributed by atoms with Crippen LogP contribution in [-0.4, -0.2) is 36.1 Å². The Balaban J connectivity index is 1.57. The number of carbonyl (C=O) groups excluding carboxylic acids is 2. The van der Waals surface area contributed by atoms with E-state index in [0.717, 1.165) is 12.8 Å². The summed E-state index contributed by atoms with van der Waals surface area (Å²) in [6.07, 6.45) is 1.52. The fourth-order valence-electron chi connectivity index (χ4n) is 2.87. The van der Waals surface area contributed by atoms with Crippen molar-refractivity contribution in [2.24, 2.45) is 0 Å². The van der Waals surface area contributed by atoms with Gasteiger partial charge in [0.25, 0.3) is 0 Å². The Morgan fingerprint density at radius 1 is 1.32 bits per heavy atom. The highest BCUT2D eigenvalue weighted by atomic mass is 19.1. The number of piperidine rings is 1. The van der Waals surface area contributed by atoms with Gasteiger partial charge in [-0.15, -0.1) is 0 Å². The van der Waals surface area contributed by atoms with E-state index >= 15 is 0 Å². The monoisotopic (exact) mass is 346 g/mol. The average Bonchev–Trinajstić information content (AvgIpc) is 3.00. The fraction of sp³-hybridized carbons (Fsp3) is 0.353. The molecule has 1 aliphatic heterocycles. The van der Waals surface area contributed by atoms with Crippen LogP contribution in [0.15, 0.2) is 34.9 Å². The summed E-state index contributed by atoms with van der Waals surface area (Å²) in [5.74, 6) is -1.14. The molecule has 2 N–H and O–H groups in total. The summed E-state index contributed by atoms with van der Waals surface area (Å²) in [7, 11) is 0. The van der Waals surface area contributed by atoms with Crippen LogP contribution < -0.4 is 15.5 Å². The molecule has 1 aromatic heterocycles. The molecule has 7 nitrogen and oxygen atoms in total. The number of halogens is 1. The number of amides is 2. The molecule has 1 aromatic carbocycles. The van der Waals surface area contributed by atoms with Crippen molar-refractivity contribution < 1.29 is 18.5 Å². The lowest BCUT2D eigenvalue weighted by Crippen LogP contribution is -2.50. The van der Waals surface area contributed by atoms with Crippen LogP contribution in [0.3, 0.4) is 0 Å². The van der Waals surface area contributed by atoms with Gasteiger partial charge in [-0.3, -0.25) is 14.9 Å². The van der Waals surface area contributed by atoms with Gasteiger partial charge in [0.2, 0.25) is 0 Å². The Morgan fingerprint density at radius 3 is 2.84 bits per heavy atom. The number of anilines is 2. The van der Waals surface area contributed by atoms with Crippen LogP contribution in [0.25, 0.3) is 0 Å². The molecule has 132 valence electrons. The number of hydrogen-bond donors (Lipinski definition) is 2. The number of nitrogens with one attached hydrogen (secondary N) is 2. The van der Waals surface area contributed by atoms with Crippen LogP contribution in [0.5, 0.6) is 0 Å². The highest BCUT2D eigenvalue weighted by Gasteiger charge is 2.25. The summed E-state index contributed by atoms with van der Waals surface area (Å²) in [4.78, 5) is 25.9. The number of aryl methyl sites for hydroxylation is 1. The molecule has 1 fully saturated rings. The van der Waals surface area contributed by atoms with Crippen LogP contribution in [0.1, 0.15) is 18.6 Å². The van der Waals surface area contributed by atoms with E-state index in [2.05, 4.69) is 15.8 Å². The molecular formula is C17H19FN4O3. The Hall–Kier alpha value is -2.90. The van der Waals surface area contributed by atoms with Gasteiger partial charge in [0, 0.05) is 25.2 Å².